The number of benzene rings is 1. The Bertz CT molecular complexity index is 961. The van der Waals surface area contributed by atoms with E-state index in [-0.39, 0.29) is 25.7 Å². The van der Waals surface area contributed by atoms with Crippen molar-refractivity contribution >= 4 is 29.2 Å². The van der Waals surface area contributed by atoms with Gasteiger partial charge in [0.25, 0.3) is 5.91 Å². The molecule has 4 amide bonds. The average Bonchev–Trinajstić information content (AvgIpc) is 3.39. The maximum atomic E-state index is 13.0. The summed E-state index contributed by atoms with van der Waals surface area (Å²) in [7, 11) is 1.66. The molecule has 1 aromatic heterocycles. The molecule has 9 heteroatoms. The number of amides is 4. The van der Waals surface area contributed by atoms with Crippen molar-refractivity contribution in [2.75, 3.05) is 20.4 Å². The van der Waals surface area contributed by atoms with E-state index < -0.39 is 17.5 Å². The number of hydrogen-bond acceptors (Lipinski definition) is 6. The van der Waals surface area contributed by atoms with Gasteiger partial charge in [-0.1, -0.05) is 6.07 Å². The standard InChI is InChI=1S/C20H21N3O5S/c1-20(8-13-3-4-15-16(7-13)28-12-27-15)18(25)23(19(26)21-20)10-17(24)22(2)9-14-5-6-29-11-14/h3-7,11H,8-10,12H2,1-2H3,(H,21,26)/t20-/m1/s1. The van der Waals surface area contributed by atoms with E-state index in [4.69, 9.17) is 9.47 Å². The van der Waals surface area contributed by atoms with E-state index in [1.807, 2.05) is 22.9 Å². The van der Waals surface area contributed by atoms with Crippen LogP contribution in [0.5, 0.6) is 11.5 Å². The third-order valence-corrected chi connectivity index (χ3v) is 5.79. The number of likely N-dealkylation sites (N-methyl/N-ethyl adjacent to an activating group) is 1. The largest absolute Gasteiger partial charge is 0.454 e. The summed E-state index contributed by atoms with van der Waals surface area (Å²) in [6.45, 7) is 1.97. The van der Waals surface area contributed by atoms with Crippen molar-refractivity contribution in [1.82, 2.24) is 15.1 Å². The topological polar surface area (TPSA) is 88.2 Å². The first-order valence-corrected chi connectivity index (χ1v) is 10.1. The summed E-state index contributed by atoms with van der Waals surface area (Å²) in [6.07, 6.45) is 0.281. The molecule has 0 saturated carbocycles. The highest BCUT2D eigenvalue weighted by Crippen LogP contribution is 2.34. The van der Waals surface area contributed by atoms with Gasteiger partial charge in [0, 0.05) is 20.0 Å². The lowest BCUT2D eigenvalue weighted by Gasteiger charge is -2.23. The number of ether oxygens (including phenoxy) is 2. The monoisotopic (exact) mass is 415 g/mol. The van der Waals surface area contributed by atoms with Gasteiger partial charge in [-0.25, -0.2) is 4.79 Å². The van der Waals surface area contributed by atoms with Crippen LogP contribution in [0.3, 0.4) is 0 Å². The Kier molecular flexibility index (Phi) is 4.91. The number of carbonyl (C=O) groups excluding carboxylic acids is 3. The zero-order chi connectivity index (χ0) is 20.6. The highest BCUT2D eigenvalue weighted by molar-refractivity contribution is 7.07. The molecule has 0 radical (unpaired) electrons. The van der Waals surface area contributed by atoms with Gasteiger partial charge in [-0.15, -0.1) is 0 Å². The first-order chi connectivity index (χ1) is 13.9. The molecular formula is C20H21N3O5S. The van der Waals surface area contributed by atoms with Crippen LogP contribution in [0.25, 0.3) is 0 Å². The second-order valence-corrected chi connectivity index (χ2v) is 8.18. The highest BCUT2D eigenvalue weighted by atomic mass is 32.1. The normalized spacial score (nSPS) is 20.1. The van der Waals surface area contributed by atoms with Gasteiger partial charge in [0.2, 0.25) is 12.7 Å². The van der Waals surface area contributed by atoms with Crippen LogP contribution in [-0.4, -0.2) is 53.6 Å². The highest BCUT2D eigenvalue weighted by Gasteiger charge is 2.48. The molecule has 0 bridgehead atoms. The first-order valence-electron chi connectivity index (χ1n) is 9.13. The summed E-state index contributed by atoms with van der Waals surface area (Å²) >= 11 is 1.55. The van der Waals surface area contributed by atoms with Gasteiger partial charge >= 0.3 is 6.03 Å². The van der Waals surface area contributed by atoms with Crippen LogP contribution in [0.1, 0.15) is 18.1 Å². The third-order valence-electron chi connectivity index (χ3n) is 5.06. The van der Waals surface area contributed by atoms with E-state index in [0.29, 0.717) is 18.0 Å². The second kappa shape index (κ2) is 7.40. The van der Waals surface area contributed by atoms with Crippen LogP contribution in [-0.2, 0) is 22.6 Å². The van der Waals surface area contributed by atoms with E-state index in [1.54, 1.807) is 37.4 Å². The predicted molar refractivity (Wildman–Crippen MR) is 106 cm³/mol. The van der Waals surface area contributed by atoms with Crippen molar-refractivity contribution in [2.45, 2.75) is 25.4 Å². The van der Waals surface area contributed by atoms with Gasteiger partial charge in [0.05, 0.1) is 0 Å². The fraction of sp³-hybridized carbons (Fsp3) is 0.350. The minimum absolute atomic E-state index is 0.167. The lowest BCUT2D eigenvalue weighted by molar-refractivity contribution is -0.138. The number of fused-ring (bicyclic) bond motifs is 1. The molecule has 29 heavy (non-hydrogen) atoms. The van der Waals surface area contributed by atoms with Crippen molar-refractivity contribution in [3.63, 3.8) is 0 Å². The third kappa shape index (κ3) is 3.77. The number of thiophene rings is 1. The van der Waals surface area contributed by atoms with Crippen LogP contribution in [0.4, 0.5) is 4.79 Å². The lowest BCUT2D eigenvalue weighted by Crippen LogP contribution is -2.47. The number of hydrogen-bond donors (Lipinski definition) is 1. The summed E-state index contributed by atoms with van der Waals surface area (Å²) in [4.78, 5) is 40.4. The van der Waals surface area contributed by atoms with Gasteiger partial charge < -0.3 is 19.7 Å². The summed E-state index contributed by atoms with van der Waals surface area (Å²) < 4.78 is 10.7. The number of nitrogens with zero attached hydrogens (tertiary/aromatic N) is 2. The SMILES string of the molecule is CN(Cc1ccsc1)C(=O)CN1C(=O)N[C@](C)(Cc2ccc3c(c2)OCO3)C1=O. The van der Waals surface area contributed by atoms with E-state index in [0.717, 1.165) is 16.0 Å². The minimum atomic E-state index is -1.13. The Morgan fingerprint density at radius 3 is 2.79 bits per heavy atom. The van der Waals surface area contributed by atoms with Gasteiger partial charge in [-0.05, 0) is 47.0 Å². The van der Waals surface area contributed by atoms with Crippen molar-refractivity contribution in [1.29, 1.82) is 0 Å². The summed E-state index contributed by atoms with van der Waals surface area (Å²) in [5.41, 5.74) is 0.709. The summed E-state index contributed by atoms with van der Waals surface area (Å²) in [6, 6.07) is 6.79. The van der Waals surface area contributed by atoms with Crippen molar-refractivity contribution in [3.8, 4) is 11.5 Å². The number of nitrogens with one attached hydrogen (secondary N) is 1. The molecular weight excluding hydrogens is 394 g/mol. The number of imide groups is 1. The zero-order valence-corrected chi connectivity index (χ0v) is 17.0. The maximum absolute atomic E-state index is 13.0. The molecule has 2 aromatic rings. The van der Waals surface area contributed by atoms with Crippen LogP contribution in [0.2, 0.25) is 0 Å². The Balaban J connectivity index is 1.43. The Labute approximate surface area is 172 Å². The lowest BCUT2D eigenvalue weighted by atomic mass is 9.92. The van der Waals surface area contributed by atoms with Gasteiger partial charge in [-0.3, -0.25) is 14.5 Å². The smallest absolute Gasteiger partial charge is 0.325 e. The molecule has 1 atom stereocenters. The molecule has 0 unspecified atom stereocenters. The number of urea groups is 1. The Morgan fingerprint density at radius 2 is 2.03 bits per heavy atom. The molecule has 1 N–H and O–H groups in total. The minimum Gasteiger partial charge on any atom is -0.454 e. The molecule has 4 rings (SSSR count). The van der Waals surface area contributed by atoms with Gasteiger partial charge in [0.1, 0.15) is 12.1 Å². The zero-order valence-electron chi connectivity index (χ0n) is 16.1. The Hall–Kier alpha value is -3.07. The Morgan fingerprint density at radius 1 is 1.24 bits per heavy atom. The molecule has 0 spiro atoms. The molecule has 152 valence electrons. The van der Waals surface area contributed by atoms with Gasteiger partial charge in [-0.2, -0.15) is 11.3 Å². The molecule has 1 aromatic carbocycles. The van der Waals surface area contributed by atoms with E-state index >= 15 is 0 Å². The predicted octanol–water partition coefficient (Wildman–Crippen LogP) is 1.99. The molecule has 3 heterocycles. The van der Waals surface area contributed by atoms with Crippen molar-refractivity contribution < 1.29 is 23.9 Å². The van der Waals surface area contributed by atoms with E-state index in [2.05, 4.69) is 5.32 Å². The molecule has 2 aliphatic heterocycles. The number of carbonyl (C=O) groups is 3. The van der Waals surface area contributed by atoms with Crippen LogP contribution in [0.15, 0.2) is 35.0 Å². The first kappa shape index (κ1) is 19.3. The molecule has 0 aliphatic carbocycles. The molecule has 2 aliphatic rings. The fourth-order valence-electron chi connectivity index (χ4n) is 3.47. The van der Waals surface area contributed by atoms with Crippen molar-refractivity contribution in [3.05, 3.63) is 46.2 Å². The fourth-order valence-corrected chi connectivity index (χ4v) is 4.13. The molecule has 8 nitrogen and oxygen atoms in total. The van der Waals surface area contributed by atoms with Crippen molar-refractivity contribution in [2.24, 2.45) is 0 Å². The number of rotatable bonds is 6. The molecule has 1 saturated heterocycles. The van der Waals surface area contributed by atoms with Crippen LogP contribution >= 0.6 is 11.3 Å². The quantitative estimate of drug-likeness (QED) is 0.729. The van der Waals surface area contributed by atoms with Crippen LogP contribution in [0, 0.1) is 0 Å². The van der Waals surface area contributed by atoms with E-state index in [1.165, 1.54) is 4.90 Å². The second-order valence-electron chi connectivity index (χ2n) is 7.40. The van der Waals surface area contributed by atoms with Crippen LogP contribution < -0.4 is 14.8 Å². The summed E-state index contributed by atoms with van der Waals surface area (Å²) in [5.74, 6) is 0.552. The average molecular weight is 415 g/mol. The molecule has 1 fully saturated rings. The van der Waals surface area contributed by atoms with E-state index in [9.17, 15) is 14.4 Å². The maximum Gasteiger partial charge on any atom is 0.325 e. The van der Waals surface area contributed by atoms with Gasteiger partial charge in [0.15, 0.2) is 11.5 Å². The summed E-state index contributed by atoms with van der Waals surface area (Å²) in [5, 5.41) is 6.63.